The van der Waals surface area contributed by atoms with E-state index in [9.17, 15) is 10.1 Å². The van der Waals surface area contributed by atoms with Gasteiger partial charge in [-0.1, -0.05) is 18.2 Å². The van der Waals surface area contributed by atoms with Gasteiger partial charge in [0, 0.05) is 25.9 Å². The number of piperidine rings is 1. The molecule has 0 N–H and O–H groups in total. The van der Waals surface area contributed by atoms with Gasteiger partial charge in [0.05, 0.1) is 33.0 Å². The van der Waals surface area contributed by atoms with E-state index in [1.54, 1.807) is 13.2 Å². The summed E-state index contributed by atoms with van der Waals surface area (Å²) in [5.41, 5.74) is 1.99. The van der Waals surface area contributed by atoms with E-state index >= 15 is 0 Å². The third-order valence-corrected chi connectivity index (χ3v) is 5.49. The van der Waals surface area contributed by atoms with Crippen molar-refractivity contribution in [2.24, 2.45) is 0 Å². The van der Waals surface area contributed by atoms with Crippen molar-refractivity contribution in [2.45, 2.75) is 19.3 Å². The summed E-state index contributed by atoms with van der Waals surface area (Å²) in [7, 11) is 1.61. The van der Waals surface area contributed by atoms with E-state index in [0.29, 0.717) is 26.4 Å². The first-order chi connectivity index (χ1) is 16.2. The van der Waals surface area contributed by atoms with Gasteiger partial charge in [0.25, 0.3) is 0 Å². The van der Waals surface area contributed by atoms with Crippen molar-refractivity contribution >= 4 is 40.9 Å². The average Bonchev–Trinajstić information content (AvgIpc) is 2.86. The van der Waals surface area contributed by atoms with Crippen LogP contribution in [-0.4, -0.2) is 65.8 Å². The van der Waals surface area contributed by atoms with E-state index in [2.05, 4.69) is 23.1 Å². The lowest BCUT2D eigenvalue weighted by Gasteiger charge is -2.29. The first kappa shape index (κ1) is 27.6. The van der Waals surface area contributed by atoms with Gasteiger partial charge >= 0.3 is 5.97 Å². The highest BCUT2D eigenvalue weighted by atomic mass is 35.5. The second kappa shape index (κ2) is 15.3. The Balaban J connectivity index is 0.00000408. The van der Waals surface area contributed by atoms with Crippen LogP contribution in [0.1, 0.15) is 24.8 Å². The molecule has 0 bridgehead atoms. The average molecular weight is 489 g/mol. The van der Waals surface area contributed by atoms with Crippen LogP contribution in [-0.2, 0) is 23.7 Å². The minimum atomic E-state index is -0.655. The number of anilines is 1. The topological polar surface area (TPSA) is 81.0 Å². The van der Waals surface area contributed by atoms with E-state index in [4.69, 9.17) is 18.9 Å². The molecule has 1 heterocycles. The fourth-order valence-electron chi connectivity index (χ4n) is 3.73. The lowest BCUT2D eigenvalue weighted by atomic mass is 10.0. The smallest absolute Gasteiger partial charge is 0.348 e. The number of esters is 1. The third-order valence-electron chi connectivity index (χ3n) is 5.49. The summed E-state index contributed by atoms with van der Waals surface area (Å²) in [6.45, 7) is 4.43. The number of fused-ring (bicyclic) bond motifs is 1. The molecule has 2 aromatic carbocycles. The number of nitriles is 1. The summed E-state index contributed by atoms with van der Waals surface area (Å²) in [5.74, 6) is -0.655. The van der Waals surface area contributed by atoms with E-state index in [-0.39, 0.29) is 31.2 Å². The molecule has 0 amide bonds. The van der Waals surface area contributed by atoms with Crippen molar-refractivity contribution < 1.29 is 23.7 Å². The summed E-state index contributed by atoms with van der Waals surface area (Å²) >= 11 is 0. The predicted octanol–water partition coefficient (Wildman–Crippen LogP) is 4.38. The monoisotopic (exact) mass is 488 g/mol. The van der Waals surface area contributed by atoms with Crippen molar-refractivity contribution in [3.8, 4) is 6.07 Å². The molecule has 0 unspecified atom stereocenters. The quantitative estimate of drug-likeness (QED) is 0.190. The van der Waals surface area contributed by atoms with E-state index < -0.39 is 5.97 Å². The molecule has 2 aromatic rings. The second-order valence-electron chi connectivity index (χ2n) is 7.86. The molecule has 0 radical (unpaired) electrons. The molecular formula is C26H33ClN2O5. The number of methoxy groups -OCH3 is 1. The number of ether oxygens (including phenoxy) is 4. The van der Waals surface area contributed by atoms with E-state index in [1.807, 2.05) is 24.3 Å². The predicted molar refractivity (Wildman–Crippen MR) is 135 cm³/mol. The van der Waals surface area contributed by atoms with Gasteiger partial charge in [-0.2, -0.15) is 5.26 Å². The third kappa shape index (κ3) is 8.62. The highest BCUT2D eigenvalue weighted by molar-refractivity contribution is 5.98. The summed E-state index contributed by atoms with van der Waals surface area (Å²) in [6.07, 6.45) is 5.35. The molecule has 34 heavy (non-hydrogen) atoms. The van der Waals surface area contributed by atoms with Crippen molar-refractivity contribution in [1.82, 2.24) is 0 Å². The Morgan fingerprint density at radius 2 is 1.59 bits per heavy atom. The minimum Gasteiger partial charge on any atom is -0.459 e. The van der Waals surface area contributed by atoms with Crippen molar-refractivity contribution in [2.75, 3.05) is 64.7 Å². The summed E-state index contributed by atoms with van der Waals surface area (Å²) < 4.78 is 20.7. The van der Waals surface area contributed by atoms with E-state index in [1.165, 1.54) is 24.9 Å². The zero-order valence-corrected chi connectivity index (χ0v) is 20.5. The number of carbonyl (C=O) groups excluding carboxylic acids is 1. The van der Waals surface area contributed by atoms with Crippen LogP contribution in [0.2, 0.25) is 0 Å². The molecule has 0 atom stereocenters. The normalized spacial score (nSPS) is 13.9. The molecule has 184 valence electrons. The number of benzene rings is 2. The molecule has 1 aliphatic heterocycles. The molecule has 0 aliphatic carbocycles. The number of carbonyl (C=O) groups is 1. The molecule has 8 heteroatoms. The van der Waals surface area contributed by atoms with Crippen LogP contribution in [0.4, 0.5) is 5.69 Å². The molecule has 1 saturated heterocycles. The van der Waals surface area contributed by atoms with Crippen LogP contribution in [0, 0.1) is 11.3 Å². The lowest BCUT2D eigenvalue weighted by Crippen LogP contribution is -2.29. The van der Waals surface area contributed by atoms with Gasteiger partial charge in [0.15, 0.2) is 0 Å². The number of hydrogen-bond acceptors (Lipinski definition) is 7. The van der Waals surface area contributed by atoms with Crippen molar-refractivity contribution in [3.63, 3.8) is 0 Å². The van der Waals surface area contributed by atoms with Gasteiger partial charge in [-0.15, -0.1) is 12.4 Å². The van der Waals surface area contributed by atoms with E-state index in [0.717, 1.165) is 29.4 Å². The summed E-state index contributed by atoms with van der Waals surface area (Å²) in [6, 6.07) is 14.3. The zero-order chi connectivity index (χ0) is 23.3. The maximum absolute atomic E-state index is 12.3. The Labute approximate surface area is 207 Å². The van der Waals surface area contributed by atoms with Crippen molar-refractivity contribution in [3.05, 3.63) is 47.5 Å². The highest BCUT2D eigenvalue weighted by Gasteiger charge is 2.13. The Kier molecular flexibility index (Phi) is 12.4. The van der Waals surface area contributed by atoms with Gasteiger partial charge < -0.3 is 23.8 Å². The van der Waals surface area contributed by atoms with Crippen LogP contribution in [0.3, 0.4) is 0 Å². The van der Waals surface area contributed by atoms with Gasteiger partial charge in [-0.05, 0) is 59.9 Å². The summed E-state index contributed by atoms with van der Waals surface area (Å²) in [4.78, 5) is 14.7. The molecule has 1 aliphatic rings. The Bertz CT molecular complexity index is 983. The number of rotatable bonds is 12. The molecule has 7 nitrogen and oxygen atoms in total. The fraction of sp³-hybridized carbons (Fsp3) is 0.462. The summed E-state index contributed by atoms with van der Waals surface area (Å²) in [5, 5.41) is 11.6. The Morgan fingerprint density at radius 3 is 2.29 bits per heavy atom. The maximum atomic E-state index is 12.3. The van der Waals surface area contributed by atoms with Crippen LogP contribution in [0.5, 0.6) is 0 Å². The van der Waals surface area contributed by atoms with Gasteiger partial charge in [0.2, 0.25) is 0 Å². The molecular weight excluding hydrogens is 456 g/mol. The van der Waals surface area contributed by atoms with Gasteiger partial charge in [-0.25, -0.2) is 4.79 Å². The van der Waals surface area contributed by atoms with Gasteiger partial charge in [-0.3, -0.25) is 0 Å². The highest BCUT2D eigenvalue weighted by Crippen LogP contribution is 2.26. The lowest BCUT2D eigenvalue weighted by molar-refractivity contribution is -0.140. The first-order valence-electron chi connectivity index (χ1n) is 11.4. The molecule has 3 rings (SSSR count). The standard InChI is InChI=1S/C26H32N2O5.ClH/c1-30-11-12-31-13-14-32-15-16-33-26(29)24(20-27)18-21-5-6-23-19-25(8-7-22(23)17-21)28-9-3-2-4-10-28;/h5-8,17-19H,2-4,9-16H2,1H3;1H. The van der Waals surface area contributed by atoms with Crippen LogP contribution in [0.15, 0.2) is 42.0 Å². The Morgan fingerprint density at radius 1 is 0.941 bits per heavy atom. The molecule has 1 fully saturated rings. The fourth-order valence-corrected chi connectivity index (χ4v) is 3.73. The van der Waals surface area contributed by atoms with Crippen LogP contribution < -0.4 is 4.90 Å². The number of halogens is 1. The maximum Gasteiger partial charge on any atom is 0.348 e. The molecule has 0 saturated carbocycles. The SMILES string of the molecule is COCCOCCOCCOC(=O)C(C#N)=Cc1ccc2cc(N3CCCCC3)ccc2c1.Cl. The zero-order valence-electron chi connectivity index (χ0n) is 19.7. The number of nitrogens with zero attached hydrogens (tertiary/aromatic N) is 2. The number of hydrogen-bond donors (Lipinski definition) is 0. The second-order valence-corrected chi connectivity index (χ2v) is 7.86. The first-order valence-corrected chi connectivity index (χ1v) is 11.4. The minimum absolute atomic E-state index is 0. The van der Waals surface area contributed by atoms with Crippen molar-refractivity contribution in [1.29, 1.82) is 5.26 Å². The van der Waals surface area contributed by atoms with Crippen LogP contribution >= 0.6 is 12.4 Å². The largest absolute Gasteiger partial charge is 0.459 e. The molecule has 0 spiro atoms. The molecule has 0 aromatic heterocycles. The Hall–Kier alpha value is -2.63. The van der Waals surface area contributed by atoms with Crippen LogP contribution in [0.25, 0.3) is 16.8 Å². The van der Waals surface area contributed by atoms with Gasteiger partial charge in [0.1, 0.15) is 18.2 Å².